The molecule has 0 spiro atoms. The minimum Gasteiger partial charge on any atom is -0.493 e. The number of halogens is 1. The number of para-hydroxylation sites is 1. The van der Waals surface area contributed by atoms with Crippen molar-refractivity contribution in [2.24, 2.45) is 0 Å². The van der Waals surface area contributed by atoms with Crippen molar-refractivity contribution in [2.45, 2.75) is 26.1 Å². The number of benzene rings is 1. The summed E-state index contributed by atoms with van der Waals surface area (Å²) < 4.78 is 11.0. The second-order valence-electron chi connectivity index (χ2n) is 3.60. The molecule has 1 rings (SSSR count). The lowest BCUT2D eigenvalue weighted by Gasteiger charge is -2.12. The molecular weight excluding hydrogens is 224 g/mol. The molecule has 0 aromatic heterocycles. The highest BCUT2D eigenvalue weighted by molar-refractivity contribution is 6.17. The second-order valence-corrected chi connectivity index (χ2v) is 3.86. The number of rotatable bonds is 7. The van der Waals surface area contributed by atoms with E-state index in [-0.39, 0.29) is 0 Å². The van der Waals surface area contributed by atoms with E-state index in [4.69, 9.17) is 21.1 Å². The SMILES string of the molecule is CCOCCCOc1c(C)cccc1CCl. The van der Waals surface area contributed by atoms with E-state index < -0.39 is 0 Å². The van der Waals surface area contributed by atoms with Gasteiger partial charge in [0.15, 0.2) is 0 Å². The van der Waals surface area contributed by atoms with Gasteiger partial charge in [0.25, 0.3) is 0 Å². The van der Waals surface area contributed by atoms with Crippen molar-refractivity contribution in [3.8, 4) is 5.75 Å². The van der Waals surface area contributed by atoms with Gasteiger partial charge in [-0.25, -0.2) is 0 Å². The van der Waals surface area contributed by atoms with Gasteiger partial charge in [0.2, 0.25) is 0 Å². The molecule has 0 aliphatic rings. The highest BCUT2D eigenvalue weighted by atomic mass is 35.5. The topological polar surface area (TPSA) is 18.5 Å². The molecule has 0 aliphatic heterocycles. The number of hydrogen-bond donors (Lipinski definition) is 0. The van der Waals surface area contributed by atoms with Crippen molar-refractivity contribution < 1.29 is 9.47 Å². The molecule has 0 radical (unpaired) electrons. The third-order valence-electron chi connectivity index (χ3n) is 2.32. The zero-order valence-corrected chi connectivity index (χ0v) is 10.7. The lowest BCUT2D eigenvalue weighted by atomic mass is 10.1. The fourth-order valence-corrected chi connectivity index (χ4v) is 1.72. The van der Waals surface area contributed by atoms with Crippen LogP contribution in [0.1, 0.15) is 24.5 Å². The third-order valence-corrected chi connectivity index (χ3v) is 2.61. The Labute approximate surface area is 103 Å². The van der Waals surface area contributed by atoms with E-state index in [1.165, 1.54) is 0 Å². The molecule has 2 nitrogen and oxygen atoms in total. The molecule has 1 aromatic carbocycles. The average molecular weight is 243 g/mol. The number of alkyl halides is 1. The molecule has 0 N–H and O–H groups in total. The molecule has 0 saturated heterocycles. The van der Waals surface area contributed by atoms with E-state index >= 15 is 0 Å². The number of aryl methyl sites for hydroxylation is 1. The maximum atomic E-state index is 5.86. The summed E-state index contributed by atoms with van der Waals surface area (Å²) >= 11 is 5.86. The van der Waals surface area contributed by atoms with Gasteiger partial charge >= 0.3 is 0 Å². The van der Waals surface area contributed by atoms with Crippen LogP contribution in [0.5, 0.6) is 5.75 Å². The third kappa shape index (κ3) is 4.03. The van der Waals surface area contributed by atoms with E-state index in [2.05, 4.69) is 0 Å². The van der Waals surface area contributed by atoms with Crippen molar-refractivity contribution in [2.75, 3.05) is 19.8 Å². The van der Waals surface area contributed by atoms with E-state index in [0.29, 0.717) is 12.5 Å². The van der Waals surface area contributed by atoms with Gasteiger partial charge in [0.05, 0.1) is 12.5 Å². The standard InChI is InChI=1S/C13H19ClO2/c1-3-15-8-5-9-16-13-11(2)6-4-7-12(13)10-14/h4,6-7H,3,5,8-10H2,1-2H3. The fraction of sp³-hybridized carbons (Fsp3) is 0.538. The Morgan fingerprint density at radius 3 is 2.75 bits per heavy atom. The molecule has 90 valence electrons. The highest BCUT2D eigenvalue weighted by Crippen LogP contribution is 2.24. The first-order valence-electron chi connectivity index (χ1n) is 5.64. The zero-order chi connectivity index (χ0) is 11.8. The summed E-state index contributed by atoms with van der Waals surface area (Å²) in [5, 5.41) is 0. The van der Waals surface area contributed by atoms with Gasteiger partial charge in [0.1, 0.15) is 5.75 Å². The van der Waals surface area contributed by atoms with Crippen LogP contribution in [0.3, 0.4) is 0 Å². The van der Waals surface area contributed by atoms with Crippen LogP contribution in [-0.2, 0) is 10.6 Å². The molecule has 0 aliphatic carbocycles. The van der Waals surface area contributed by atoms with Crippen LogP contribution in [-0.4, -0.2) is 19.8 Å². The van der Waals surface area contributed by atoms with Gasteiger partial charge in [0, 0.05) is 25.2 Å². The van der Waals surface area contributed by atoms with Crippen LogP contribution in [0.2, 0.25) is 0 Å². The molecule has 0 bridgehead atoms. The molecule has 16 heavy (non-hydrogen) atoms. The predicted octanol–water partition coefficient (Wildman–Crippen LogP) is 3.54. The van der Waals surface area contributed by atoms with Crippen molar-refractivity contribution in [1.82, 2.24) is 0 Å². The average Bonchev–Trinajstić information content (AvgIpc) is 2.30. The van der Waals surface area contributed by atoms with Gasteiger partial charge in [-0.05, 0) is 19.4 Å². The first-order valence-corrected chi connectivity index (χ1v) is 6.18. The highest BCUT2D eigenvalue weighted by Gasteiger charge is 2.05. The summed E-state index contributed by atoms with van der Waals surface area (Å²) in [4.78, 5) is 0. The van der Waals surface area contributed by atoms with Crippen LogP contribution >= 0.6 is 11.6 Å². The molecule has 0 heterocycles. The summed E-state index contributed by atoms with van der Waals surface area (Å²) in [7, 11) is 0. The Morgan fingerprint density at radius 1 is 1.25 bits per heavy atom. The van der Waals surface area contributed by atoms with Crippen molar-refractivity contribution in [3.63, 3.8) is 0 Å². The first-order chi connectivity index (χ1) is 7.79. The van der Waals surface area contributed by atoms with Gasteiger partial charge in [-0.15, -0.1) is 11.6 Å². The van der Waals surface area contributed by atoms with E-state index in [9.17, 15) is 0 Å². The van der Waals surface area contributed by atoms with Gasteiger partial charge in [-0.2, -0.15) is 0 Å². The summed E-state index contributed by atoms with van der Waals surface area (Å²) in [5.41, 5.74) is 2.19. The monoisotopic (exact) mass is 242 g/mol. The second kappa shape index (κ2) is 7.53. The number of ether oxygens (including phenoxy) is 2. The lowest BCUT2D eigenvalue weighted by molar-refractivity contribution is 0.130. The molecule has 0 unspecified atom stereocenters. The first kappa shape index (κ1) is 13.3. The Bertz CT molecular complexity index is 313. The Kier molecular flexibility index (Phi) is 6.27. The quantitative estimate of drug-likeness (QED) is 0.538. The smallest absolute Gasteiger partial charge is 0.126 e. The molecule has 3 heteroatoms. The Morgan fingerprint density at radius 2 is 2.06 bits per heavy atom. The molecular formula is C13H19ClO2. The van der Waals surface area contributed by atoms with E-state index in [1.807, 2.05) is 32.0 Å². The van der Waals surface area contributed by atoms with Crippen LogP contribution in [0, 0.1) is 6.92 Å². The molecule has 0 fully saturated rings. The van der Waals surface area contributed by atoms with Crippen LogP contribution in [0.25, 0.3) is 0 Å². The maximum Gasteiger partial charge on any atom is 0.126 e. The van der Waals surface area contributed by atoms with Crippen molar-refractivity contribution >= 4 is 11.6 Å². The van der Waals surface area contributed by atoms with Crippen molar-refractivity contribution in [1.29, 1.82) is 0 Å². The van der Waals surface area contributed by atoms with Crippen LogP contribution in [0.15, 0.2) is 18.2 Å². The summed E-state index contributed by atoms with van der Waals surface area (Å²) in [5.74, 6) is 1.41. The summed E-state index contributed by atoms with van der Waals surface area (Å²) in [6.45, 7) is 6.21. The van der Waals surface area contributed by atoms with Gasteiger partial charge in [-0.1, -0.05) is 18.2 Å². The molecule has 0 saturated carbocycles. The maximum absolute atomic E-state index is 5.86. The summed E-state index contributed by atoms with van der Waals surface area (Å²) in [6.07, 6.45) is 0.907. The van der Waals surface area contributed by atoms with Crippen LogP contribution < -0.4 is 4.74 Å². The van der Waals surface area contributed by atoms with Gasteiger partial charge in [-0.3, -0.25) is 0 Å². The number of hydrogen-bond acceptors (Lipinski definition) is 2. The lowest BCUT2D eigenvalue weighted by Crippen LogP contribution is -2.05. The zero-order valence-electron chi connectivity index (χ0n) is 9.96. The van der Waals surface area contributed by atoms with E-state index in [0.717, 1.165) is 36.5 Å². The Balaban J connectivity index is 2.46. The molecule has 0 amide bonds. The minimum atomic E-state index is 0.489. The fourth-order valence-electron chi connectivity index (χ4n) is 1.50. The van der Waals surface area contributed by atoms with E-state index in [1.54, 1.807) is 0 Å². The normalized spacial score (nSPS) is 10.4. The van der Waals surface area contributed by atoms with Crippen molar-refractivity contribution in [3.05, 3.63) is 29.3 Å². The predicted molar refractivity (Wildman–Crippen MR) is 67.3 cm³/mol. The van der Waals surface area contributed by atoms with Gasteiger partial charge < -0.3 is 9.47 Å². The van der Waals surface area contributed by atoms with Crippen LogP contribution in [0.4, 0.5) is 0 Å². The molecule has 0 atom stereocenters. The minimum absolute atomic E-state index is 0.489. The Hall–Kier alpha value is -0.730. The largest absolute Gasteiger partial charge is 0.493 e. The summed E-state index contributed by atoms with van der Waals surface area (Å²) in [6, 6.07) is 6.03. The molecule has 1 aromatic rings.